The van der Waals surface area contributed by atoms with Crippen molar-refractivity contribution in [3.05, 3.63) is 59.2 Å². The lowest BCUT2D eigenvalue weighted by molar-refractivity contribution is 0.577. The Morgan fingerprint density at radius 1 is 1.10 bits per heavy atom. The highest BCUT2D eigenvalue weighted by Crippen LogP contribution is 2.35. The predicted octanol–water partition coefficient (Wildman–Crippen LogP) is 3.02. The van der Waals surface area contributed by atoms with Crippen LogP contribution in [0.15, 0.2) is 41.3 Å². The SMILES string of the molecule is Cc1ccc(S(=O)(=O)N2CCc3c(F)cc(F)cc32)cc1. The third-order valence-electron chi connectivity index (χ3n) is 3.58. The lowest BCUT2D eigenvalue weighted by Gasteiger charge is -2.19. The van der Waals surface area contributed by atoms with Gasteiger partial charge in [0.1, 0.15) is 11.6 Å². The van der Waals surface area contributed by atoms with E-state index in [2.05, 4.69) is 0 Å². The van der Waals surface area contributed by atoms with E-state index in [1.165, 1.54) is 12.1 Å². The highest BCUT2D eigenvalue weighted by Gasteiger charge is 2.32. The first-order chi connectivity index (χ1) is 9.89. The summed E-state index contributed by atoms with van der Waals surface area (Å²) in [5, 5.41) is 0. The largest absolute Gasteiger partial charge is 0.266 e. The maximum absolute atomic E-state index is 13.7. The maximum atomic E-state index is 13.7. The molecule has 110 valence electrons. The highest BCUT2D eigenvalue weighted by atomic mass is 32.2. The van der Waals surface area contributed by atoms with Crippen LogP contribution in [0.1, 0.15) is 11.1 Å². The number of anilines is 1. The summed E-state index contributed by atoms with van der Waals surface area (Å²) < 4.78 is 53.4. The molecule has 0 N–H and O–H groups in total. The Balaban J connectivity index is 2.10. The fraction of sp³-hybridized carbons (Fsp3) is 0.200. The smallest absolute Gasteiger partial charge is 0.264 e. The molecular formula is C15H13F2NO2S. The molecule has 0 aliphatic carbocycles. The molecule has 3 nitrogen and oxygen atoms in total. The number of fused-ring (bicyclic) bond motifs is 1. The van der Waals surface area contributed by atoms with Crippen molar-refractivity contribution in [1.29, 1.82) is 0 Å². The molecule has 0 spiro atoms. The lowest BCUT2D eigenvalue weighted by Crippen LogP contribution is -2.29. The second-order valence-electron chi connectivity index (χ2n) is 5.03. The second kappa shape index (κ2) is 4.80. The number of sulfonamides is 1. The van der Waals surface area contributed by atoms with Gasteiger partial charge in [0.15, 0.2) is 0 Å². The summed E-state index contributed by atoms with van der Waals surface area (Å²) in [6.45, 7) is 1.97. The fourth-order valence-electron chi connectivity index (χ4n) is 2.48. The van der Waals surface area contributed by atoms with E-state index in [4.69, 9.17) is 0 Å². The zero-order chi connectivity index (χ0) is 15.2. The van der Waals surface area contributed by atoms with E-state index in [1.807, 2.05) is 6.92 Å². The van der Waals surface area contributed by atoms with Crippen molar-refractivity contribution in [3.63, 3.8) is 0 Å². The van der Waals surface area contributed by atoms with E-state index < -0.39 is 21.7 Å². The molecule has 0 amide bonds. The van der Waals surface area contributed by atoms with E-state index in [-0.39, 0.29) is 29.1 Å². The van der Waals surface area contributed by atoms with Gasteiger partial charge in [-0.25, -0.2) is 17.2 Å². The van der Waals surface area contributed by atoms with Gasteiger partial charge < -0.3 is 0 Å². The van der Waals surface area contributed by atoms with Crippen LogP contribution in [0.2, 0.25) is 0 Å². The van der Waals surface area contributed by atoms with Crippen LogP contribution in [0.25, 0.3) is 0 Å². The van der Waals surface area contributed by atoms with Gasteiger partial charge in [0.25, 0.3) is 10.0 Å². The third kappa shape index (κ3) is 2.29. The number of aryl methyl sites for hydroxylation is 1. The first-order valence-corrected chi connectivity index (χ1v) is 7.91. The van der Waals surface area contributed by atoms with E-state index >= 15 is 0 Å². The summed E-state index contributed by atoms with van der Waals surface area (Å²) >= 11 is 0. The fourth-order valence-corrected chi connectivity index (χ4v) is 3.97. The van der Waals surface area contributed by atoms with Crippen LogP contribution < -0.4 is 4.31 Å². The van der Waals surface area contributed by atoms with Gasteiger partial charge in [-0.2, -0.15) is 0 Å². The minimum Gasteiger partial charge on any atom is -0.266 e. The van der Waals surface area contributed by atoms with Crippen LogP contribution in [0.3, 0.4) is 0 Å². The van der Waals surface area contributed by atoms with E-state index in [1.54, 1.807) is 12.1 Å². The predicted molar refractivity (Wildman–Crippen MR) is 75.8 cm³/mol. The van der Waals surface area contributed by atoms with Gasteiger partial charge in [-0.15, -0.1) is 0 Å². The Kier molecular flexibility index (Phi) is 3.20. The van der Waals surface area contributed by atoms with Crippen LogP contribution in [-0.4, -0.2) is 15.0 Å². The van der Waals surface area contributed by atoms with Gasteiger partial charge in [-0.05, 0) is 31.5 Å². The van der Waals surface area contributed by atoms with E-state index in [0.717, 1.165) is 22.0 Å². The molecule has 1 aliphatic rings. The van der Waals surface area contributed by atoms with Gasteiger partial charge in [-0.3, -0.25) is 4.31 Å². The van der Waals surface area contributed by atoms with Crippen molar-refractivity contribution >= 4 is 15.7 Å². The molecular weight excluding hydrogens is 296 g/mol. The number of rotatable bonds is 2. The van der Waals surface area contributed by atoms with Crippen molar-refractivity contribution in [2.75, 3.05) is 10.8 Å². The van der Waals surface area contributed by atoms with Gasteiger partial charge in [0.05, 0.1) is 10.6 Å². The van der Waals surface area contributed by atoms with Gasteiger partial charge in [0.2, 0.25) is 0 Å². The van der Waals surface area contributed by atoms with Crippen LogP contribution in [0.5, 0.6) is 0 Å². The second-order valence-corrected chi connectivity index (χ2v) is 6.89. The average molecular weight is 309 g/mol. The highest BCUT2D eigenvalue weighted by molar-refractivity contribution is 7.92. The normalized spacial score (nSPS) is 14.3. The van der Waals surface area contributed by atoms with Crippen molar-refractivity contribution in [2.45, 2.75) is 18.2 Å². The molecule has 2 aromatic carbocycles. The number of halogens is 2. The number of nitrogens with zero attached hydrogens (tertiary/aromatic N) is 1. The Bertz CT molecular complexity index is 801. The standard InChI is InChI=1S/C15H13F2NO2S/c1-10-2-4-12(5-3-10)21(19,20)18-7-6-13-14(17)8-11(16)9-15(13)18/h2-5,8-9H,6-7H2,1H3. The van der Waals surface area contributed by atoms with Crippen LogP contribution >= 0.6 is 0 Å². The van der Waals surface area contributed by atoms with Crippen molar-refractivity contribution in [3.8, 4) is 0 Å². The molecule has 0 saturated carbocycles. The molecule has 21 heavy (non-hydrogen) atoms. The summed E-state index contributed by atoms with van der Waals surface area (Å²) in [5.74, 6) is -1.48. The molecule has 6 heteroatoms. The molecule has 2 aromatic rings. The number of hydrogen-bond acceptors (Lipinski definition) is 2. The first-order valence-electron chi connectivity index (χ1n) is 6.47. The molecule has 0 bridgehead atoms. The minimum atomic E-state index is -3.80. The Morgan fingerprint density at radius 2 is 1.76 bits per heavy atom. The molecule has 1 heterocycles. The summed E-state index contributed by atoms with van der Waals surface area (Å²) in [5.41, 5.74) is 1.27. The van der Waals surface area contributed by atoms with Crippen LogP contribution in [-0.2, 0) is 16.4 Å². The lowest BCUT2D eigenvalue weighted by atomic mass is 10.1. The first kappa shape index (κ1) is 14.0. The molecule has 0 atom stereocenters. The van der Waals surface area contributed by atoms with Gasteiger partial charge >= 0.3 is 0 Å². The summed E-state index contributed by atoms with van der Waals surface area (Å²) in [7, 11) is -3.80. The zero-order valence-corrected chi connectivity index (χ0v) is 12.1. The topological polar surface area (TPSA) is 37.4 Å². The number of hydrogen-bond donors (Lipinski definition) is 0. The third-order valence-corrected chi connectivity index (χ3v) is 5.41. The van der Waals surface area contributed by atoms with E-state index in [0.29, 0.717) is 0 Å². The van der Waals surface area contributed by atoms with Crippen molar-refractivity contribution in [2.24, 2.45) is 0 Å². The Hall–Kier alpha value is -1.95. The minimum absolute atomic E-state index is 0.0908. The summed E-state index contributed by atoms with van der Waals surface area (Å²) in [6, 6.07) is 8.22. The van der Waals surface area contributed by atoms with E-state index in [9.17, 15) is 17.2 Å². The zero-order valence-electron chi connectivity index (χ0n) is 11.3. The molecule has 0 fully saturated rings. The molecule has 0 saturated heterocycles. The molecule has 0 unspecified atom stereocenters. The summed E-state index contributed by atoms with van der Waals surface area (Å²) in [4.78, 5) is 0.116. The van der Waals surface area contributed by atoms with Crippen LogP contribution in [0, 0.1) is 18.6 Å². The van der Waals surface area contributed by atoms with Crippen molar-refractivity contribution < 1.29 is 17.2 Å². The maximum Gasteiger partial charge on any atom is 0.264 e. The molecule has 0 aromatic heterocycles. The molecule has 1 aliphatic heterocycles. The Labute approximate surface area is 121 Å². The van der Waals surface area contributed by atoms with Crippen molar-refractivity contribution in [1.82, 2.24) is 0 Å². The summed E-state index contributed by atoms with van der Waals surface area (Å²) in [6.07, 6.45) is 0.243. The average Bonchev–Trinajstić information content (AvgIpc) is 2.83. The van der Waals surface area contributed by atoms with Gasteiger partial charge in [-0.1, -0.05) is 17.7 Å². The Morgan fingerprint density at radius 3 is 2.43 bits per heavy atom. The molecule has 3 rings (SSSR count). The quantitative estimate of drug-likeness (QED) is 0.855. The monoisotopic (exact) mass is 309 g/mol. The van der Waals surface area contributed by atoms with Gasteiger partial charge in [0, 0.05) is 18.2 Å². The molecule has 0 radical (unpaired) electrons. The van der Waals surface area contributed by atoms with Crippen LogP contribution in [0.4, 0.5) is 14.5 Å². The number of benzene rings is 2.